The van der Waals surface area contributed by atoms with E-state index in [1.807, 2.05) is 31.2 Å². The third-order valence-corrected chi connectivity index (χ3v) is 6.76. The van der Waals surface area contributed by atoms with Crippen LogP contribution in [0.1, 0.15) is 68.9 Å². The summed E-state index contributed by atoms with van der Waals surface area (Å²) in [6.45, 7) is 2.25. The molecule has 2 aromatic carbocycles. The number of carbonyl (C=O) groups is 3. The first-order chi connectivity index (χ1) is 16.4. The van der Waals surface area contributed by atoms with Crippen molar-refractivity contribution in [2.24, 2.45) is 0 Å². The molecule has 0 unspecified atom stereocenters. The highest BCUT2D eigenvalue weighted by molar-refractivity contribution is 5.81. The molecule has 1 fully saturated rings. The maximum Gasteiger partial charge on any atom is 0.407 e. The number of hydrogen-bond acceptors (Lipinski definition) is 4. The Hall–Kier alpha value is -3.35. The number of carbonyl (C=O) groups excluding carboxylic acids is 2. The number of amides is 2. The lowest BCUT2D eigenvalue weighted by Crippen LogP contribution is -2.44. The zero-order valence-electron chi connectivity index (χ0n) is 19.5. The second-order valence-electron chi connectivity index (χ2n) is 9.41. The summed E-state index contributed by atoms with van der Waals surface area (Å²) in [5, 5.41) is 14.8. The number of carboxylic acids is 1. The summed E-state index contributed by atoms with van der Waals surface area (Å²) in [7, 11) is 0. The van der Waals surface area contributed by atoms with Crippen LogP contribution < -0.4 is 10.6 Å². The van der Waals surface area contributed by atoms with Gasteiger partial charge in [0.1, 0.15) is 6.61 Å². The van der Waals surface area contributed by atoms with Crippen LogP contribution in [0.4, 0.5) is 4.79 Å². The molecule has 0 aliphatic heterocycles. The van der Waals surface area contributed by atoms with Crippen LogP contribution in [-0.2, 0) is 14.3 Å². The van der Waals surface area contributed by atoms with E-state index in [-0.39, 0.29) is 31.3 Å². The number of carboxylic acid groups (broad SMARTS) is 1. The van der Waals surface area contributed by atoms with Gasteiger partial charge >= 0.3 is 12.1 Å². The Labute approximate surface area is 199 Å². The Morgan fingerprint density at radius 1 is 1.06 bits per heavy atom. The Balaban J connectivity index is 1.31. The lowest BCUT2D eigenvalue weighted by molar-refractivity contribution is -0.137. The van der Waals surface area contributed by atoms with Gasteiger partial charge < -0.3 is 20.5 Å². The molecule has 4 rings (SSSR count). The highest BCUT2D eigenvalue weighted by Gasteiger charge is 2.46. The molecule has 1 saturated carbocycles. The normalized spacial score (nSPS) is 16.1. The van der Waals surface area contributed by atoms with Crippen molar-refractivity contribution in [1.29, 1.82) is 0 Å². The van der Waals surface area contributed by atoms with Crippen LogP contribution in [0.3, 0.4) is 0 Å². The largest absolute Gasteiger partial charge is 0.481 e. The highest BCUT2D eigenvalue weighted by Crippen LogP contribution is 2.44. The monoisotopic (exact) mass is 464 g/mol. The zero-order chi connectivity index (χ0) is 24.1. The Morgan fingerprint density at radius 3 is 2.24 bits per heavy atom. The van der Waals surface area contributed by atoms with E-state index in [1.165, 1.54) is 11.1 Å². The summed E-state index contributed by atoms with van der Waals surface area (Å²) in [6, 6.07) is 15.9. The molecule has 0 spiro atoms. The molecule has 0 saturated heterocycles. The molecule has 0 heterocycles. The molecular weight excluding hydrogens is 432 g/mol. The molecule has 2 aliphatic carbocycles. The average Bonchev–Trinajstić information content (AvgIpc) is 3.47. The Morgan fingerprint density at radius 2 is 1.68 bits per heavy atom. The van der Waals surface area contributed by atoms with Crippen molar-refractivity contribution in [3.63, 3.8) is 0 Å². The van der Waals surface area contributed by atoms with Crippen LogP contribution in [-0.4, -0.2) is 41.3 Å². The fraction of sp³-hybridized carbons (Fsp3) is 0.444. The third kappa shape index (κ3) is 5.58. The maximum absolute atomic E-state index is 12.6. The molecule has 7 heteroatoms. The molecule has 180 valence electrons. The molecule has 1 atom stereocenters. The fourth-order valence-electron chi connectivity index (χ4n) is 4.82. The van der Waals surface area contributed by atoms with Gasteiger partial charge in [0, 0.05) is 18.4 Å². The Bertz CT molecular complexity index is 1020. The molecule has 0 radical (unpaired) electrons. The Kier molecular flexibility index (Phi) is 7.20. The number of nitrogens with one attached hydrogen (secondary N) is 2. The molecular formula is C27H32N2O5. The van der Waals surface area contributed by atoms with Crippen LogP contribution >= 0.6 is 0 Å². The quantitative estimate of drug-likeness (QED) is 0.451. The van der Waals surface area contributed by atoms with E-state index < -0.39 is 23.6 Å². The number of ether oxygens (including phenoxy) is 1. The number of fused-ring (bicyclic) bond motifs is 3. The predicted molar refractivity (Wildman–Crippen MR) is 128 cm³/mol. The SMILES string of the molecule is CCCC[C@@H](CC(=O)O)NC(=O)CC1(NC(=O)OCC2c3ccccc3-c3ccccc32)CC1. The molecule has 34 heavy (non-hydrogen) atoms. The summed E-state index contributed by atoms with van der Waals surface area (Å²) in [5.41, 5.74) is 4.02. The standard InChI is InChI=1S/C27H32N2O5/c1-2-3-8-18(15-25(31)32)28-24(30)16-27(13-14-27)29-26(33)34-17-23-21-11-6-4-9-19(21)20-10-5-7-12-22(20)23/h4-7,9-12,18,23H,2-3,8,13-17H2,1H3,(H,28,30)(H,29,33)(H,31,32)/t18-/m0/s1. The van der Waals surface area contributed by atoms with E-state index >= 15 is 0 Å². The van der Waals surface area contributed by atoms with Gasteiger partial charge in [0.15, 0.2) is 0 Å². The van der Waals surface area contributed by atoms with E-state index in [9.17, 15) is 14.4 Å². The predicted octanol–water partition coefficient (Wildman–Crippen LogP) is 4.60. The number of unbranched alkanes of at least 4 members (excludes halogenated alkanes) is 1. The molecule has 2 aliphatic rings. The van der Waals surface area contributed by atoms with Crippen LogP contribution in [0, 0.1) is 0 Å². The van der Waals surface area contributed by atoms with Gasteiger partial charge in [0.25, 0.3) is 0 Å². The van der Waals surface area contributed by atoms with E-state index in [0.717, 1.165) is 24.0 Å². The minimum atomic E-state index is -0.931. The van der Waals surface area contributed by atoms with Gasteiger partial charge in [-0.15, -0.1) is 0 Å². The smallest absolute Gasteiger partial charge is 0.407 e. The molecule has 3 N–H and O–H groups in total. The summed E-state index contributed by atoms with van der Waals surface area (Å²) < 4.78 is 5.62. The van der Waals surface area contributed by atoms with Crippen LogP contribution in [0.5, 0.6) is 0 Å². The molecule has 2 aromatic rings. The van der Waals surface area contributed by atoms with Crippen LogP contribution in [0.15, 0.2) is 48.5 Å². The van der Waals surface area contributed by atoms with Crippen molar-refractivity contribution in [3.8, 4) is 11.1 Å². The van der Waals surface area contributed by atoms with E-state index in [4.69, 9.17) is 9.84 Å². The van der Waals surface area contributed by atoms with Gasteiger partial charge in [-0.3, -0.25) is 9.59 Å². The topological polar surface area (TPSA) is 105 Å². The van der Waals surface area contributed by atoms with Gasteiger partial charge in [-0.05, 0) is 41.5 Å². The lowest BCUT2D eigenvalue weighted by Gasteiger charge is -2.21. The van der Waals surface area contributed by atoms with E-state index in [0.29, 0.717) is 19.3 Å². The molecule has 2 amide bonds. The third-order valence-electron chi connectivity index (χ3n) is 6.76. The van der Waals surface area contributed by atoms with Crippen molar-refractivity contribution in [2.45, 2.75) is 69.4 Å². The van der Waals surface area contributed by atoms with Crippen molar-refractivity contribution in [3.05, 3.63) is 59.7 Å². The van der Waals surface area contributed by atoms with E-state index in [1.54, 1.807) is 0 Å². The first kappa shape index (κ1) is 23.8. The fourth-order valence-corrected chi connectivity index (χ4v) is 4.82. The van der Waals surface area contributed by atoms with Crippen molar-refractivity contribution < 1.29 is 24.2 Å². The number of alkyl carbamates (subject to hydrolysis) is 1. The minimum Gasteiger partial charge on any atom is -0.481 e. The number of hydrogen-bond donors (Lipinski definition) is 3. The summed E-state index contributed by atoms with van der Waals surface area (Å²) >= 11 is 0. The number of rotatable bonds is 11. The molecule has 0 bridgehead atoms. The summed E-state index contributed by atoms with van der Waals surface area (Å²) in [4.78, 5) is 36.3. The van der Waals surface area contributed by atoms with Gasteiger partial charge in [-0.25, -0.2) is 4.79 Å². The van der Waals surface area contributed by atoms with Gasteiger partial charge in [0.2, 0.25) is 5.91 Å². The number of aliphatic carboxylic acids is 1. The van der Waals surface area contributed by atoms with Crippen molar-refractivity contribution >= 4 is 18.0 Å². The summed E-state index contributed by atoms with van der Waals surface area (Å²) in [6.07, 6.45) is 3.30. The number of benzene rings is 2. The minimum absolute atomic E-state index is 0.0213. The molecule has 0 aromatic heterocycles. The first-order valence-electron chi connectivity index (χ1n) is 12.0. The molecule has 7 nitrogen and oxygen atoms in total. The van der Waals surface area contributed by atoms with Crippen LogP contribution in [0.25, 0.3) is 11.1 Å². The zero-order valence-corrected chi connectivity index (χ0v) is 19.5. The van der Waals surface area contributed by atoms with Gasteiger partial charge in [-0.2, -0.15) is 0 Å². The second-order valence-corrected chi connectivity index (χ2v) is 9.41. The highest BCUT2D eigenvalue weighted by atomic mass is 16.5. The first-order valence-corrected chi connectivity index (χ1v) is 12.0. The van der Waals surface area contributed by atoms with Gasteiger partial charge in [0.05, 0.1) is 12.0 Å². The van der Waals surface area contributed by atoms with Crippen molar-refractivity contribution in [1.82, 2.24) is 10.6 Å². The van der Waals surface area contributed by atoms with E-state index in [2.05, 4.69) is 34.9 Å². The maximum atomic E-state index is 12.6. The summed E-state index contributed by atoms with van der Waals surface area (Å²) in [5.74, 6) is -1.19. The van der Waals surface area contributed by atoms with Crippen molar-refractivity contribution in [2.75, 3.05) is 6.61 Å². The second kappa shape index (κ2) is 10.3. The lowest BCUT2D eigenvalue weighted by atomic mass is 9.98. The van der Waals surface area contributed by atoms with Gasteiger partial charge in [-0.1, -0.05) is 68.3 Å². The average molecular weight is 465 g/mol. The van der Waals surface area contributed by atoms with Crippen LogP contribution in [0.2, 0.25) is 0 Å².